The first kappa shape index (κ1) is 12.0. The van der Waals surface area contributed by atoms with Crippen LogP contribution in [0.2, 0.25) is 0 Å². The van der Waals surface area contributed by atoms with E-state index in [2.05, 4.69) is 17.1 Å². The first-order valence-electron chi connectivity index (χ1n) is 7.63. The summed E-state index contributed by atoms with van der Waals surface area (Å²) in [5, 5.41) is 3.49. The van der Waals surface area contributed by atoms with E-state index in [4.69, 9.17) is 0 Å². The second-order valence-corrected chi connectivity index (χ2v) is 7.27. The smallest absolute Gasteiger partial charge is 0.00507 e. The zero-order chi connectivity index (χ0) is 11.8. The molecule has 0 aromatic carbocycles. The molecule has 0 atom stereocenters. The van der Waals surface area contributed by atoms with Crippen molar-refractivity contribution in [3.63, 3.8) is 0 Å². The van der Waals surface area contributed by atoms with Crippen LogP contribution in [0, 0.1) is 10.8 Å². The third-order valence-corrected chi connectivity index (χ3v) is 5.45. The van der Waals surface area contributed by atoms with Crippen molar-refractivity contribution < 1.29 is 0 Å². The van der Waals surface area contributed by atoms with E-state index in [1.54, 1.807) is 0 Å². The molecule has 1 spiro atoms. The molecule has 3 fully saturated rings. The number of rotatable bonds is 2. The quantitative estimate of drug-likeness (QED) is 0.793. The van der Waals surface area contributed by atoms with Crippen molar-refractivity contribution in [2.45, 2.75) is 51.9 Å². The molecule has 2 heteroatoms. The van der Waals surface area contributed by atoms with Crippen molar-refractivity contribution in [2.75, 3.05) is 32.7 Å². The molecule has 0 bridgehead atoms. The van der Waals surface area contributed by atoms with Gasteiger partial charge in [-0.1, -0.05) is 26.2 Å². The average Bonchev–Trinajstić information content (AvgIpc) is 2.29. The van der Waals surface area contributed by atoms with E-state index >= 15 is 0 Å². The zero-order valence-electron chi connectivity index (χ0n) is 11.4. The minimum absolute atomic E-state index is 0.599. The average molecular weight is 236 g/mol. The van der Waals surface area contributed by atoms with Gasteiger partial charge in [-0.25, -0.2) is 0 Å². The van der Waals surface area contributed by atoms with Crippen LogP contribution in [0.5, 0.6) is 0 Å². The number of likely N-dealkylation sites (tertiary alicyclic amines) is 1. The Morgan fingerprint density at radius 3 is 2.24 bits per heavy atom. The molecule has 2 aliphatic heterocycles. The Morgan fingerprint density at radius 1 is 0.941 bits per heavy atom. The molecular weight excluding hydrogens is 208 g/mol. The van der Waals surface area contributed by atoms with Crippen LogP contribution in [0.4, 0.5) is 0 Å². The molecule has 2 nitrogen and oxygen atoms in total. The van der Waals surface area contributed by atoms with Crippen molar-refractivity contribution in [3.8, 4) is 0 Å². The highest BCUT2D eigenvalue weighted by molar-refractivity contribution is 4.98. The van der Waals surface area contributed by atoms with E-state index in [-0.39, 0.29) is 0 Å². The second kappa shape index (κ2) is 4.55. The highest BCUT2D eigenvalue weighted by Crippen LogP contribution is 2.45. The summed E-state index contributed by atoms with van der Waals surface area (Å²) in [5.41, 5.74) is 1.36. The molecule has 17 heavy (non-hydrogen) atoms. The van der Waals surface area contributed by atoms with Crippen molar-refractivity contribution in [1.82, 2.24) is 10.2 Å². The number of nitrogens with one attached hydrogen (secondary N) is 1. The van der Waals surface area contributed by atoms with Crippen LogP contribution in [-0.2, 0) is 0 Å². The van der Waals surface area contributed by atoms with Crippen LogP contribution >= 0.6 is 0 Å². The van der Waals surface area contributed by atoms with E-state index in [1.165, 1.54) is 77.7 Å². The Hall–Kier alpha value is -0.0800. The molecular formula is C15H28N2. The lowest BCUT2D eigenvalue weighted by Crippen LogP contribution is -2.59. The van der Waals surface area contributed by atoms with Crippen LogP contribution in [-0.4, -0.2) is 37.6 Å². The van der Waals surface area contributed by atoms with Crippen molar-refractivity contribution in [2.24, 2.45) is 10.8 Å². The molecule has 0 unspecified atom stereocenters. The SMILES string of the molecule is CC1(CN2CC3(CCCCC3)C2)CCNCC1. The molecule has 1 N–H and O–H groups in total. The minimum atomic E-state index is 0.599. The Kier molecular flexibility index (Phi) is 3.20. The van der Waals surface area contributed by atoms with Gasteiger partial charge in [-0.05, 0) is 49.6 Å². The molecule has 0 radical (unpaired) electrons. The number of nitrogens with zero attached hydrogens (tertiary/aromatic N) is 1. The van der Waals surface area contributed by atoms with Gasteiger partial charge in [0, 0.05) is 19.6 Å². The van der Waals surface area contributed by atoms with E-state index < -0.39 is 0 Å². The zero-order valence-corrected chi connectivity index (χ0v) is 11.4. The maximum Gasteiger partial charge on any atom is 0.00507 e. The molecule has 0 aromatic rings. The lowest BCUT2D eigenvalue weighted by Gasteiger charge is -2.55. The van der Waals surface area contributed by atoms with Crippen LogP contribution < -0.4 is 5.32 Å². The Bertz CT molecular complexity index is 254. The van der Waals surface area contributed by atoms with Crippen molar-refractivity contribution in [3.05, 3.63) is 0 Å². The highest BCUT2D eigenvalue weighted by Gasteiger charge is 2.45. The molecule has 3 aliphatic rings. The second-order valence-electron chi connectivity index (χ2n) is 7.27. The number of piperidine rings is 1. The molecule has 0 aromatic heterocycles. The van der Waals surface area contributed by atoms with Crippen molar-refractivity contribution in [1.29, 1.82) is 0 Å². The predicted octanol–water partition coefficient (Wildman–Crippen LogP) is 2.64. The van der Waals surface area contributed by atoms with Crippen LogP contribution in [0.3, 0.4) is 0 Å². The maximum absolute atomic E-state index is 3.49. The number of hydrogen-bond acceptors (Lipinski definition) is 2. The standard InChI is InChI=1S/C15H28N2/c1-14(7-9-16-10-8-14)11-17-12-15(13-17)5-3-2-4-6-15/h16H,2-13H2,1H3. The van der Waals surface area contributed by atoms with Gasteiger partial charge in [0.1, 0.15) is 0 Å². The van der Waals surface area contributed by atoms with Gasteiger partial charge in [0.05, 0.1) is 0 Å². The van der Waals surface area contributed by atoms with Gasteiger partial charge in [-0.2, -0.15) is 0 Å². The third kappa shape index (κ3) is 2.53. The topological polar surface area (TPSA) is 15.3 Å². The summed E-state index contributed by atoms with van der Waals surface area (Å²) < 4.78 is 0. The normalized spacial score (nSPS) is 32.3. The van der Waals surface area contributed by atoms with Crippen LogP contribution in [0.1, 0.15) is 51.9 Å². The summed E-state index contributed by atoms with van der Waals surface area (Å²) >= 11 is 0. The van der Waals surface area contributed by atoms with Gasteiger partial charge in [-0.15, -0.1) is 0 Å². The van der Waals surface area contributed by atoms with E-state index in [0.29, 0.717) is 5.41 Å². The summed E-state index contributed by atoms with van der Waals surface area (Å²) in [5.74, 6) is 0. The van der Waals surface area contributed by atoms with Gasteiger partial charge in [0.2, 0.25) is 0 Å². The molecule has 1 aliphatic carbocycles. The summed E-state index contributed by atoms with van der Waals surface area (Å²) in [6.45, 7) is 9.15. The molecule has 3 rings (SSSR count). The number of hydrogen-bond donors (Lipinski definition) is 1. The van der Waals surface area contributed by atoms with Gasteiger partial charge in [0.15, 0.2) is 0 Å². The Morgan fingerprint density at radius 2 is 1.59 bits per heavy atom. The maximum atomic E-state index is 3.49. The molecule has 2 heterocycles. The van der Waals surface area contributed by atoms with E-state index in [1.807, 2.05) is 0 Å². The highest BCUT2D eigenvalue weighted by atomic mass is 15.2. The minimum Gasteiger partial charge on any atom is -0.317 e. The van der Waals surface area contributed by atoms with Gasteiger partial charge < -0.3 is 10.2 Å². The van der Waals surface area contributed by atoms with Gasteiger partial charge in [-0.3, -0.25) is 0 Å². The molecule has 98 valence electrons. The van der Waals surface area contributed by atoms with Gasteiger partial charge >= 0.3 is 0 Å². The summed E-state index contributed by atoms with van der Waals surface area (Å²) in [4.78, 5) is 2.75. The Balaban J connectivity index is 1.48. The molecule has 0 amide bonds. The fourth-order valence-electron chi connectivity index (χ4n) is 4.36. The van der Waals surface area contributed by atoms with Crippen molar-refractivity contribution >= 4 is 0 Å². The monoisotopic (exact) mass is 236 g/mol. The summed E-state index contributed by atoms with van der Waals surface area (Å²) in [7, 11) is 0. The predicted molar refractivity (Wildman–Crippen MR) is 72.2 cm³/mol. The largest absolute Gasteiger partial charge is 0.317 e. The first-order valence-corrected chi connectivity index (χ1v) is 7.63. The first-order chi connectivity index (χ1) is 8.20. The fraction of sp³-hybridized carbons (Fsp3) is 1.00. The third-order valence-electron chi connectivity index (χ3n) is 5.45. The Labute approximate surface area is 106 Å². The van der Waals surface area contributed by atoms with Crippen LogP contribution in [0.15, 0.2) is 0 Å². The van der Waals surface area contributed by atoms with Gasteiger partial charge in [0.25, 0.3) is 0 Å². The lowest BCUT2D eigenvalue weighted by molar-refractivity contribution is -0.0529. The fourth-order valence-corrected chi connectivity index (χ4v) is 4.36. The van der Waals surface area contributed by atoms with E-state index in [9.17, 15) is 0 Å². The molecule has 2 saturated heterocycles. The summed E-state index contributed by atoms with van der Waals surface area (Å²) in [6.07, 6.45) is 10.3. The van der Waals surface area contributed by atoms with Crippen LogP contribution in [0.25, 0.3) is 0 Å². The lowest BCUT2D eigenvalue weighted by atomic mass is 9.67. The summed E-state index contributed by atoms with van der Waals surface area (Å²) in [6, 6.07) is 0. The molecule has 1 saturated carbocycles. The van der Waals surface area contributed by atoms with E-state index in [0.717, 1.165) is 5.41 Å².